The first kappa shape index (κ1) is 13.8. The van der Waals surface area contributed by atoms with Crippen LogP contribution in [0.2, 0.25) is 0 Å². The van der Waals surface area contributed by atoms with Crippen molar-refractivity contribution in [1.29, 1.82) is 0 Å². The van der Waals surface area contributed by atoms with E-state index in [0.717, 1.165) is 43.0 Å². The number of rotatable bonds is 3. The summed E-state index contributed by atoms with van der Waals surface area (Å²) < 4.78 is 0. The fourth-order valence-corrected chi connectivity index (χ4v) is 2.58. The van der Waals surface area contributed by atoms with E-state index < -0.39 is 0 Å². The lowest BCUT2D eigenvalue weighted by molar-refractivity contribution is 0.0683. The maximum atomic E-state index is 12.6. The van der Waals surface area contributed by atoms with Crippen LogP contribution in [0.1, 0.15) is 42.7 Å². The van der Waals surface area contributed by atoms with Crippen LogP contribution < -0.4 is 5.32 Å². The summed E-state index contributed by atoms with van der Waals surface area (Å²) in [6.07, 6.45) is 3.17. The molecule has 0 aromatic carbocycles. The minimum atomic E-state index is 0.139. The molecule has 0 radical (unpaired) electrons. The summed E-state index contributed by atoms with van der Waals surface area (Å²) in [6, 6.07) is 3.77. The summed E-state index contributed by atoms with van der Waals surface area (Å²) in [5, 5.41) is 3.03. The van der Waals surface area contributed by atoms with Crippen LogP contribution in [-0.4, -0.2) is 35.9 Å². The van der Waals surface area contributed by atoms with Crippen molar-refractivity contribution in [2.24, 2.45) is 5.92 Å². The van der Waals surface area contributed by atoms with Gasteiger partial charge in [0.1, 0.15) is 5.82 Å². The van der Waals surface area contributed by atoms with E-state index in [2.05, 4.69) is 24.1 Å². The quantitative estimate of drug-likeness (QED) is 0.909. The molecule has 1 aliphatic heterocycles. The van der Waals surface area contributed by atoms with Gasteiger partial charge in [0, 0.05) is 31.4 Å². The number of carbonyl (C=O) groups is 1. The molecular formula is C15H23N3O. The predicted molar refractivity (Wildman–Crippen MR) is 77.5 cm³/mol. The standard InChI is InChI=1S/C15H23N3O/c1-4-13-8-12(9-14(16-3)17-13)15(19)18-7-5-6-11(2)10-18/h8-9,11H,4-7,10H2,1-3H3,(H,16,17). The third-order valence-corrected chi connectivity index (χ3v) is 3.69. The number of aryl methyl sites for hydroxylation is 1. The van der Waals surface area contributed by atoms with Crippen molar-refractivity contribution in [3.05, 3.63) is 23.4 Å². The van der Waals surface area contributed by atoms with Crippen LogP contribution in [0.5, 0.6) is 0 Å². The van der Waals surface area contributed by atoms with E-state index in [1.54, 1.807) is 0 Å². The molecule has 0 spiro atoms. The maximum absolute atomic E-state index is 12.6. The summed E-state index contributed by atoms with van der Waals surface area (Å²) in [5.41, 5.74) is 1.71. The number of hydrogen-bond donors (Lipinski definition) is 1. The Morgan fingerprint density at radius 3 is 2.95 bits per heavy atom. The van der Waals surface area contributed by atoms with E-state index in [1.165, 1.54) is 6.42 Å². The highest BCUT2D eigenvalue weighted by Gasteiger charge is 2.22. The number of anilines is 1. The molecule has 1 saturated heterocycles. The van der Waals surface area contributed by atoms with Crippen molar-refractivity contribution in [3.8, 4) is 0 Å². The van der Waals surface area contributed by atoms with Crippen LogP contribution in [0.25, 0.3) is 0 Å². The van der Waals surface area contributed by atoms with Crippen LogP contribution in [0.15, 0.2) is 12.1 Å². The summed E-state index contributed by atoms with van der Waals surface area (Å²) in [4.78, 5) is 19.0. The normalized spacial score (nSPS) is 19.3. The number of pyridine rings is 1. The molecule has 0 aliphatic carbocycles. The summed E-state index contributed by atoms with van der Waals surface area (Å²) in [7, 11) is 1.83. The topological polar surface area (TPSA) is 45.2 Å². The van der Waals surface area contributed by atoms with Gasteiger partial charge in [0.25, 0.3) is 5.91 Å². The van der Waals surface area contributed by atoms with Crippen molar-refractivity contribution in [3.63, 3.8) is 0 Å². The van der Waals surface area contributed by atoms with Crippen LogP contribution in [0, 0.1) is 5.92 Å². The smallest absolute Gasteiger partial charge is 0.254 e. The van der Waals surface area contributed by atoms with Crippen molar-refractivity contribution < 1.29 is 4.79 Å². The molecule has 1 atom stereocenters. The molecular weight excluding hydrogens is 238 g/mol. The third kappa shape index (κ3) is 3.25. The van der Waals surface area contributed by atoms with Crippen LogP contribution >= 0.6 is 0 Å². The molecule has 1 amide bonds. The molecule has 19 heavy (non-hydrogen) atoms. The Morgan fingerprint density at radius 1 is 1.53 bits per heavy atom. The lowest BCUT2D eigenvalue weighted by atomic mass is 9.99. The molecule has 0 saturated carbocycles. The van der Waals surface area contributed by atoms with Gasteiger partial charge in [-0.25, -0.2) is 4.98 Å². The van der Waals surface area contributed by atoms with Crippen molar-refractivity contribution in [1.82, 2.24) is 9.88 Å². The number of likely N-dealkylation sites (tertiary alicyclic amines) is 1. The molecule has 4 nitrogen and oxygen atoms in total. The SMILES string of the molecule is CCc1cc(C(=O)N2CCCC(C)C2)cc(NC)n1. The Hall–Kier alpha value is -1.58. The van der Waals surface area contributed by atoms with E-state index in [1.807, 2.05) is 24.1 Å². The highest BCUT2D eigenvalue weighted by atomic mass is 16.2. The van der Waals surface area contributed by atoms with Gasteiger partial charge in [-0.15, -0.1) is 0 Å². The Morgan fingerprint density at radius 2 is 2.32 bits per heavy atom. The number of hydrogen-bond acceptors (Lipinski definition) is 3. The first-order valence-electron chi connectivity index (χ1n) is 7.12. The monoisotopic (exact) mass is 261 g/mol. The van der Waals surface area contributed by atoms with E-state index in [-0.39, 0.29) is 5.91 Å². The summed E-state index contributed by atoms with van der Waals surface area (Å²) in [5.74, 6) is 1.52. The van der Waals surface area contributed by atoms with Crippen molar-refractivity contribution in [2.75, 3.05) is 25.5 Å². The molecule has 1 aromatic rings. The molecule has 1 N–H and O–H groups in total. The Kier molecular flexibility index (Phi) is 4.40. The molecule has 1 unspecified atom stereocenters. The Bertz CT molecular complexity index is 436. The molecule has 2 heterocycles. The first-order chi connectivity index (χ1) is 9.13. The lowest BCUT2D eigenvalue weighted by Gasteiger charge is -2.31. The van der Waals surface area contributed by atoms with Gasteiger partial charge >= 0.3 is 0 Å². The van der Waals surface area contributed by atoms with Crippen LogP contribution in [0.4, 0.5) is 5.82 Å². The van der Waals surface area contributed by atoms with Crippen molar-refractivity contribution in [2.45, 2.75) is 33.1 Å². The first-order valence-corrected chi connectivity index (χ1v) is 7.12. The Labute approximate surface area is 115 Å². The van der Waals surface area contributed by atoms with Gasteiger partial charge in [0.15, 0.2) is 0 Å². The average molecular weight is 261 g/mol. The fraction of sp³-hybridized carbons (Fsp3) is 0.600. The van der Waals surface area contributed by atoms with Gasteiger partial charge in [0.2, 0.25) is 0 Å². The van der Waals surface area contributed by atoms with Gasteiger partial charge in [-0.1, -0.05) is 13.8 Å². The second-order valence-corrected chi connectivity index (χ2v) is 5.33. The highest BCUT2D eigenvalue weighted by molar-refractivity contribution is 5.95. The largest absolute Gasteiger partial charge is 0.373 e. The molecule has 4 heteroatoms. The van der Waals surface area contributed by atoms with Gasteiger partial charge in [-0.3, -0.25) is 4.79 Å². The van der Waals surface area contributed by atoms with Gasteiger partial charge < -0.3 is 10.2 Å². The number of amides is 1. The molecule has 104 valence electrons. The zero-order valence-electron chi connectivity index (χ0n) is 12.1. The predicted octanol–water partition coefficient (Wildman–Crippen LogP) is 2.56. The number of aromatic nitrogens is 1. The fourth-order valence-electron chi connectivity index (χ4n) is 2.58. The molecule has 0 bridgehead atoms. The number of piperidine rings is 1. The third-order valence-electron chi connectivity index (χ3n) is 3.69. The van der Waals surface area contributed by atoms with Crippen molar-refractivity contribution >= 4 is 11.7 Å². The minimum absolute atomic E-state index is 0.139. The number of carbonyl (C=O) groups excluding carboxylic acids is 1. The zero-order valence-corrected chi connectivity index (χ0v) is 12.1. The highest BCUT2D eigenvalue weighted by Crippen LogP contribution is 2.19. The van der Waals surface area contributed by atoms with E-state index in [9.17, 15) is 4.79 Å². The van der Waals surface area contributed by atoms with Crippen LogP contribution in [0.3, 0.4) is 0 Å². The van der Waals surface area contributed by atoms with E-state index in [0.29, 0.717) is 5.92 Å². The maximum Gasteiger partial charge on any atom is 0.254 e. The van der Waals surface area contributed by atoms with Gasteiger partial charge in [0.05, 0.1) is 0 Å². The molecule has 1 aromatic heterocycles. The number of nitrogens with zero attached hydrogens (tertiary/aromatic N) is 2. The minimum Gasteiger partial charge on any atom is -0.373 e. The zero-order chi connectivity index (χ0) is 13.8. The second kappa shape index (κ2) is 6.04. The van der Waals surface area contributed by atoms with Gasteiger partial charge in [-0.2, -0.15) is 0 Å². The van der Waals surface area contributed by atoms with Gasteiger partial charge in [-0.05, 0) is 37.3 Å². The molecule has 2 rings (SSSR count). The molecule has 1 aliphatic rings. The van der Waals surface area contributed by atoms with Crippen LogP contribution in [-0.2, 0) is 6.42 Å². The van der Waals surface area contributed by atoms with E-state index in [4.69, 9.17) is 0 Å². The number of nitrogens with one attached hydrogen (secondary N) is 1. The summed E-state index contributed by atoms with van der Waals surface area (Å²) in [6.45, 7) is 6.01. The second-order valence-electron chi connectivity index (χ2n) is 5.33. The molecule has 1 fully saturated rings. The summed E-state index contributed by atoms with van der Waals surface area (Å²) >= 11 is 0. The lowest BCUT2D eigenvalue weighted by Crippen LogP contribution is -2.39. The average Bonchev–Trinajstić information content (AvgIpc) is 2.45. The Balaban J connectivity index is 2.22. The van der Waals surface area contributed by atoms with E-state index >= 15 is 0 Å².